The van der Waals surface area contributed by atoms with E-state index in [1.165, 1.54) is 36.0 Å². The third-order valence-electron chi connectivity index (χ3n) is 2.44. The maximum Gasteiger partial charge on any atom is 0.150 e. The van der Waals surface area contributed by atoms with Gasteiger partial charge in [-0.3, -0.25) is 0 Å². The van der Waals surface area contributed by atoms with Crippen molar-refractivity contribution in [2.75, 3.05) is 18.8 Å². The van der Waals surface area contributed by atoms with Gasteiger partial charge in [0.2, 0.25) is 0 Å². The second-order valence-electron chi connectivity index (χ2n) is 3.78. The SMILES string of the molecule is Cc1csc(SCC2CCCNC2)n1. The molecule has 1 aromatic heterocycles. The summed E-state index contributed by atoms with van der Waals surface area (Å²) in [4.78, 5) is 4.46. The lowest BCUT2D eigenvalue weighted by Crippen LogP contribution is -2.30. The van der Waals surface area contributed by atoms with Gasteiger partial charge in [0.25, 0.3) is 0 Å². The Bertz CT molecular complexity index is 279. The van der Waals surface area contributed by atoms with E-state index in [4.69, 9.17) is 0 Å². The molecule has 1 N–H and O–H groups in total. The van der Waals surface area contributed by atoms with Crippen molar-refractivity contribution in [3.8, 4) is 0 Å². The highest BCUT2D eigenvalue weighted by molar-refractivity contribution is 8.01. The van der Waals surface area contributed by atoms with Gasteiger partial charge in [0.1, 0.15) is 4.34 Å². The summed E-state index contributed by atoms with van der Waals surface area (Å²) in [6, 6.07) is 0. The first kappa shape index (κ1) is 10.5. The van der Waals surface area contributed by atoms with Crippen LogP contribution in [0.15, 0.2) is 9.72 Å². The molecule has 78 valence electrons. The molecular weight excluding hydrogens is 212 g/mol. The third-order valence-corrected chi connectivity index (χ3v) is 4.81. The average Bonchev–Trinajstić information content (AvgIpc) is 2.63. The molecule has 2 nitrogen and oxygen atoms in total. The number of rotatable bonds is 3. The normalized spacial score (nSPS) is 22.5. The van der Waals surface area contributed by atoms with Crippen molar-refractivity contribution < 1.29 is 0 Å². The monoisotopic (exact) mass is 228 g/mol. The van der Waals surface area contributed by atoms with Gasteiger partial charge in [-0.15, -0.1) is 11.3 Å². The summed E-state index contributed by atoms with van der Waals surface area (Å²) in [7, 11) is 0. The van der Waals surface area contributed by atoms with Crippen LogP contribution in [0.3, 0.4) is 0 Å². The van der Waals surface area contributed by atoms with Gasteiger partial charge in [0.05, 0.1) is 0 Å². The van der Waals surface area contributed by atoms with E-state index in [9.17, 15) is 0 Å². The van der Waals surface area contributed by atoms with Gasteiger partial charge in [-0.05, 0) is 38.8 Å². The van der Waals surface area contributed by atoms with Crippen molar-refractivity contribution in [2.24, 2.45) is 5.92 Å². The fourth-order valence-corrected chi connectivity index (χ4v) is 3.67. The Hall–Kier alpha value is -0.0600. The van der Waals surface area contributed by atoms with E-state index in [0.717, 1.165) is 11.6 Å². The van der Waals surface area contributed by atoms with Crippen LogP contribution < -0.4 is 5.32 Å². The molecule has 4 heteroatoms. The van der Waals surface area contributed by atoms with Crippen molar-refractivity contribution in [1.82, 2.24) is 10.3 Å². The lowest BCUT2D eigenvalue weighted by molar-refractivity contribution is 0.410. The molecule has 1 unspecified atom stereocenters. The van der Waals surface area contributed by atoms with Crippen LogP contribution in [0, 0.1) is 12.8 Å². The highest BCUT2D eigenvalue weighted by Crippen LogP contribution is 2.26. The van der Waals surface area contributed by atoms with Crippen molar-refractivity contribution in [3.63, 3.8) is 0 Å². The summed E-state index contributed by atoms with van der Waals surface area (Å²) in [6.07, 6.45) is 2.71. The number of nitrogens with zero attached hydrogens (tertiary/aromatic N) is 1. The lowest BCUT2D eigenvalue weighted by Gasteiger charge is -2.21. The molecule has 1 saturated heterocycles. The first-order valence-electron chi connectivity index (χ1n) is 5.10. The number of thiazole rings is 1. The van der Waals surface area contributed by atoms with Gasteiger partial charge in [-0.1, -0.05) is 11.8 Å². The molecule has 0 aliphatic carbocycles. The van der Waals surface area contributed by atoms with Gasteiger partial charge in [0, 0.05) is 16.8 Å². The summed E-state index contributed by atoms with van der Waals surface area (Å²) in [5.41, 5.74) is 1.15. The van der Waals surface area contributed by atoms with Crippen LogP contribution in [0.25, 0.3) is 0 Å². The molecule has 1 aliphatic heterocycles. The number of aryl methyl sites for hydroxylation is 1. The van der Waals surface area contributed by atoms with Crippen LogP contribution in [0.4, 0.5) is 0 Å². The van der Waals surface area contributed by atoms with Crippen LogP contribution in [-0.4, -0.2) is 23.8 Å². The summed E-state index contributed by atoms with van der Waals surface area (Å²) in [5.74, 6) is 2.07. The van der Waals surface area contributed by atoms with Crippen LogP contribution in [-0.2, 0) is 0 Å². The number of hydrogen-bond acceptors (Lipinski definition) is 4. The molecule has 0 saturated carbocycles. The Morgan fingerprint density at radius 1 is 1.71 bits per heavy atom. The van der Waals surface area contributed by atoms with Gasteiger partial charge >= 0.3 is 0 Å². The number of nitrogens with one attached hydrogen (secondary N) is 1. The van der Waals surface area contributed by atoms with Gasteiger partial charge in [0.15, 0.2) is 0 Å². The number of piperidine rings is 1. The fraction of sp³-hybridized carbons (Fsp3) is 0.700. The number of aromatic nitrogens is 1. The molecule has 1 aliphatic rings. The van der Waals surface area contributed by atoms with Crippen molar-refractivity contribution in [2.45, 2.75) is 24.1 Å². The van der Waals surface area contributed by atoms with Crippen LogP contribution in [0.1, 0.15) is 18.5 Å². The standard InChI is InChI=1S/C10H16N2S2/c1-8-6-13-10(12-8)14-7-9-3-2-4-11-5-9/h6,9,11H,2-5,7H2,1H3. The van der Waals surface area contributed by atoms with Crippen molar-refractivity contribution in [3.05, 3.63) is 11.1 Å². The second-order valence-corrected chi connectivity index (χ2v) is 5.90. The summed E-state index contributed by atoms with van der Waals surface area (Å²) in [5, 5.41) is 5.57. The maximum absolute atomic E-state index is 4.46. The Labute approximate surface area is 93.5 Å². The van der Waals surface area contributed by atoms with E-state index in [2.05, 4.69) is 22.6 Å². The van der Waals surface area contributed by atoms with Gasteiger partial charge in [-0.25, -0.2) is 4.98 Å². The molecule has 0 radical (unpaired) electrons. The third kappa shape index (κ3) is 2.97. The first-order valence-corrected chi connectivity index (χ1v) is 6.97. The molecule has 1 aromatic rings. The number of thioether (sulfide) groups is 1. The predicted molar refractivity (Wildman–Crippen MR) is 63.2 cm³/mol. The average molecular weight is 228 g/mol. The summed E-state index contributed by atoms with van der Waals surface area (Å²) >= 11 is 3.68. The molecule has 1 fully saturated rings. The van der Waals surface area contributed by atoms with E-state index in [-0.39, 0.29) is 0 Å². The Kier molecular flexibility index (Phi) is 3.84. The molecule has 0 bridgehead atoms. The lowest BCUT2D eigenvalue weighted by atomic mass is 10.0. The van der Waals surface area contributed by atoms with E-state index in [0.29, 0.717) is 0 Å². The summed E-state index contributed by atoms with van der Waals surface area (Å²) in [6.45, 7) is 4.46. The topological polar surface area (TPSA) is 24.9 Å². The molecule has 14 heavy (non-hydrogen) atoms. The molecule has 0 amide bonds. The van der Waals surface area contributed by atoms with Gasteiger partial charge in [-0.2, -0.15) is 0 Å². The van der Waals surface area contributed by atoms with Crippen molar-refractivity contribution >= 4 is 23.1 Å². The minimum Gasteiger partial charge on any atom is -0.316 e. The largest absolute Gasteiger partial charge is 0.316 e. The van der Waals surface area contributed by atoms with Crippen LogP contribution >= 0.6 is 23.1 Å². The highest BCUT2D eigenvalue weighted by Gasteiger charge is 2.13. The molecular formula is C10H16N2S2. The Balaban J connectivity index is 1.76. The van der Waals surface area contributed by atoms with Crippen LogP contribution in [0.2, 0.25) is 0 Å². The molecule has 2 heterocycles. The highest BCUT2D eigenvalue weighted by atomic mass is 32.2. The van der Waals surface area contributed by atoms with E-state index < -0.39 is 0 Å². The number of hydrogen-bond donors (Lipinski definition) is 1. The van der Waals surface area contributed by atoms with Crippen LogP contribution in [0.5, 0.6) is 0 Å². The molecule has 1 atom stereocenters. The zero-order chi connectivity index (χ0) is 9.80. The van der Waals surface area contributed by atoms with Crippen molar-refractivity contribution in [1.29, 1.82) is 0 Å². The second kappa shape index (κ2) is 5.14. The minimum atomic E-state index is 0.845. The van der Waals surface area contributed by atoms with E-state index in [1.54, 1.807) is 11.3 Å². The molecule has 0 spiro atoms. The fourth-order valence-electron chi connectivity index (χ4n) is 1.65. The first-order chi connectivity index (χ1) is 6.84. The molecule has 0 aromatic carbocycles. The molecule has 2 rings (SSSR count). The van der Waals surface area contributed by atoms with E-state index in [1.807, 2.05) is 11.8 Å². The summed E-state index contributed by atoms with van der Waals surface area (Å²) < 4.78 is 1.23. The quantitative estimate of drug-likeness (QED) is 0.805. The smallest absolute Gasteiger partial charge is 0.150 e. The zero-order valence-corrected chi connectivity index (χ0v) is 10.1. The maximum atomic E-state index is 4.46. The Morgan fingerprint density at radius 2 is 2.64 bits per heavy atom. The van der Waals surface area contributed by atoms with E-state index >= 15 is 0 Å². The predicted octanol–water partition coefficient (Wildman–Crippen LogP) is 2.54. The Morgan fingerprint density at radius 3 is 3.29 bits per heavy atom. The zero-order valence-electron chi connectivity index (χ0n) is 8.45. The van der Waals surface area contributed by atoms with Gasteiger partial charge < -0.3 is 5.32 Å². The minimum absolute atomic E-state index is 0.845.